The maximum absolute atomic E-state index is 12.4. The van der Waals surface area contributed by atoms with Crippen LogP contribution in [0.5, 0.6) is 0 Å². The highest BCUT2D eigenvalue weighted by atomic mass is 32.1. The van der Waals surface area contributed by atoms with E-state index in [1.807, 2.05) is 0 Å². The second-order valence-electron chi connectivity index (χ2n) is 36.4. The molecule has 10 rings (SSSR count). The van der Waals surface area contributed by atoms with E-state index in [4.69, 9.17) is 74.4 Å². The number of hydrogen-bond acceptors (Lipinski definition) is 24. The molecule has 664 valence electrons. The predicted molar refractivity (Wildman–Crippen MR) is 425 cm³/mol. The van der Waals surface area contributed by atoms with Crippen molar-refractivity contribution < 1.29 is 147 Å². The van der Waals surface area contributed by atoms with E-state index in [-0.39, 0.29) is 177 Å². The molecule has 0 radical (unpaired) electrons. The lowest BCUT2D eigenvalue weighted by molar-refractivity contribution is -0.224. The predicted octanol–water partition coefficient (Wildman–Crippen LogP) is 11.9. The molecule has 0 saturated heterocycles. The number of aliphatic carboxylic acids is 6. The van der Waals surface area contributed by atoms with E-state index in [2.05, 4.69) is 54.2 Å². The Hall–Kier alpha value is -7.48. The molecule has 30 nitrogen and oxygen atoms in total. The van der Waals surface area contributed by atoms with Crippen molar-refractivity contribution in [1.82, 2.24) is 0 Å². The average Bonchev–Trinajstić information content (AvgIpc) is 1.65. The highest BCUT2D eigenvalue weighted by Gasteiger charge is 2.70. The van der Waals surface area contributed by atoms with E-state index in [1.54, 1.807) is 46.8 Å². The molecule has 9 aliphatic carbocycles. The third-order valence-corrected chi connectivity index (χ3v) is 28.2. The van der Waals surface area contributed by atoms with Crippen LogP contribution in [0.4, 0.5) is 0 Å². The first-order chi connectivity index (χ1) is 54.4. The Bertz CT molecular complexity index is 3480. The summed E-state index contributed by atoms with van der Waals surface area (Å²) in [6.45, 7) is 29.0. The zero-order chi connectivity index (χ0) is 88.7. The van der Waals surface area contributed by atoms with Crippen molar-refractivity contribution in [3.8, 4) is 0 Å². The fraction of sp³-hybridized carbons (Fsp3) is 0.779. The van der Waals surface area contributed by atoms with Gasteiger partial charge in [-0.1, -0.05) is 101 Å². The second-order valence-corrected chi connectivity index (χ2v) is 36.9. The Morgan fingerprint density at radius 3 is 1.32 bits per heavy atom. The first kappa shape index (κ1) is 102. The molecule has 0 aliphatic heterocycles. The molecule has 0 heterocycles. The number of benzene rings is 1. The minimum atomic E-state index is -1.27. The third-order valence-electron chi connectivity index (χ3n) is 27.9. The molecule has 11 N–H and O–H groups in total. The molecule has 0 aromatic heterocycles. The number of carbonyl (C=O) groups excluding carboxylic acids is 6. The highest BCUT2D eigenvalue weighted by molar-refractivity contribution is 7.80. The Morgan fingerprint density at radius 2 is 0.949 bits per heavy atom. The second kappa shape index (κ2) is 45.2. The third kappa shape index (κ3) is 27.0. The molecule has 26 atom stereocenters. The Morgan fingerprint density at radius 1 is 0.504 bits per heavy atom. The fourth-order valence-corrected chi connectivity index (χ4v) is 22.1. The number of thiol groups is 1. The number of ether oxygens (including phenoxy) is 6. The molecule has 9 aliphatic rings. The maximum atomic E-state index is 12.4. The van der Waals surface area contributed by atoms with Crippen molar-refractivity contribution in [3.63, 3.8) is 0 Å². The molecule has 6 unspecified atom stereocenters. The van der Waals surface area contributed by atoms with Crippen LogP contribution in [0.1, 0.15) is 262 Å². The number of carboxylic acids is 7. The van der Waals surface area contributed by atoms with Gasteiger partial charge in [-0.2, -0.15) is 0 Å². The molecular weight excluding hydrogens is 1540 g/mol. The summed E-state index contributed by atoms with van der Waals surface area (Å²) in [5.41, 5.74) is -0.967. The van der Waals surface area contributed by atoms with Gasteiger partial charge < -0.3 is 84.6 Å². The summed E-state index contributed by atoms with van der Waals surface area (Å²) >= 11 is 3.99. The normalized spacial score (nSPS) is 33.1. The molecule has 9 fully saturated rings. The topological polar surface area (TPSA) is 500 Å². The van der Waals surface area contributed by atoms with Crippen LogP contribution in [0.25, 0.3) is 0 Å². The standard InChI is InChI=1S/C30H46O8.C27H40O8.C8H14O3.C7H6O2S.C6H12O3.C5H10O3.C3H6O3/c1-16(7-10-27(34)35)22-8-9-23-28-24(15-26(30(22,23)6)38-19(4)33)29(5)12-11-21(36-17(2)31)13-20(29)14-25(28)37-18(3)32;1-16(4-7-24(31)32)19-5-6-20-25-21(12-23(35-15-30)27(19,20)3)26(2)9-8-18(33-13-28)10-17(26)11-22(25)34-14-29;9-7(8(10)11)6-4-2-1-3-5-6;8-7(9)5-2-1-3-6(10)4-5;1-6(2,3)4(7)5(8)9;1-3(2)4(6)5(7)8;1-2(4)3(5)6/h16,20-26,28H,7-15H2,1-6H3,(H,34,35);13-23,25H,4-12H2,1-3H3,(H,31,32);6-7,9H,1-5H2,(H,10,11);1-4,10H,(H,8,9);4,7H,1-3H3,(H,8,9);3-4,6H,1-2H3,(H,7,8);2,4H,1H3,(H,5,6)/t16-,20+,21-,22?,23+,24+,25-,26+,28+,29+,30-;16-,17+,18-,19?,20+,21+,22-,23+,25+,26+,27-;;;;;/m11...../s1. The number of aromatic carboxylic acids is 1. The zero-order valence-electron chi connectivity index (χ0n) is 70.8. The lowest BCUT2D eigenvalue weighted by atomic mass is 9.43. The Kier molecular flexibility index (Phi) is 39.4. The summed E-state index contributed by atoms with van der Waals surface area (Å²) in [4.78, 5) is 144. The van der Waals surface area contributed by atoms with Gasteiger partial charge in [0.2, 0.25) is 0 Å². The molecule has 1 aromatic carbocycles. The lowest BCUT2D eigenvalue weighted by Crippen LogP contribution is -2.63. The van der Waals surface area contributed by atoms with Gasteiger partial charge in [-0.05, 0) is 228 Å². The number of aliphatic hydroxyl groups excluding tert-OH is 4. The summed E-state index contributed by atoms with van der Waals surface area (Å²) in [6.07, 6.45) is 12.1. The molecule has 9 saturated carbocycles. The van der Waals surface area contributed by atoms with Crippen molar-refractivity contribution in [2.45, 2.75) is 317 Å². The van der Waals surface area contributed by atoms with Gasteiger partial charge in [0.15, 0.2) is 18.3 Å². The molecule has 0 amide bonds. The summed E-state index contributed by atoms with van der Waals surface area (Å²) in [6, 6.07) is 6.43. The van der Waals surface area contributed by atoms with Gasteiger partial charge in [0.25, 0.3) is 19.4 Å². The monoisotopic (exact) mass is 1680 g/mol. The van der Waals surface area contributed by atoms with Gasteiger partial charge >= 0.3 is 59.7 Å². The van der Waals surface area contributed by atoms with Crippen molar-refractivity contribution in [2.75, 3.05) is 0 Å². The smallest absolute Gasteiger partial charge is 0.335 e. The number of esters is 3. The van der Waals surface area contributed by atoms with Crippen LogP contribution in [0, 0.1) is 110 Å². The number of rotatable bonds is 24. The van der Waals surface area contributed by atoms with Gasteiger partial charge in [0, 0.05) is 61.2 Å². The first-order valence-corrected chi connectivity index (χ1v) is 41.8. The van der Waals surface area contributed by atoms with Crippen LogP contribution in [-0.2, 0) is 86.0 Å². The highest BCUT2D eigenvalue weighted by Crippen LogP contribution is 2.71. The average molecular weight is 1680 g/mol. The van der Waals surface area contributed by atoms with E-state index in [0.717, 1.165) is 103 Å². The minimum Gasteiger partial charge on any atom is -0.481 e. The molecular formula is C86H134O30S. The van der Waals surface area contributed by atoms with Crippen LogP contribution in [-0.4, -0.2) is 196 Å². The van der Waals surface area contributed by atoms with E-state index < -0.39 is 71.6 Å². The summed E-state index contributed by atoms with van der Waals surface area (Å²) in [5.74, 6) is -5.64. The van der Waals surface area contributed by atoms with Gasteiger partial charge in [-0.15, -0.1) is 12.6 Å². The zero-order valence-corrected chi connectivity index (χ0v) is 71.7. The quantitative estimate of drug-likeness (QED) is 0.0198. The van der Waals surface area contributed by atoms with Crippen LogP contribution < -0.4 is 0 Å². The Labute approximate surface area is 692 Å². The number of aliphatic hydroxyl groups is 4. The van der Waals surface area contributed by atoms with Crippen LogP contribution >= 0.6 is 12.6 Å². The number of carbonyl (C=O) groups is 13. The van der Waals surface area contributed by atoms with E-state index in [0.29, 0.717) is 50.0 Å². The van der Waals surface area contributed by atoms with Crippen molar-refractivity contribution in [3.05, 3.63) is 29.8 Å². The fourth-order valence-electron chi connectivity index (χ4n) is 21.9. The maximum Gasteiger partial charge on any atom is 0.335 e. The summed E-state index contributed by atoms with van der Waals surface area (Å²) in [7, 11) is 0. The molecule has 0 spiro atoms. The van der Waals surface area contributed by atoms with E-state index >= 15 is 0 Å². The van der Waals surface area contributed by atoms with Gasteiger partial charge in [0.1, 0.15) is 42.7 Å². The van der Waals surface area contributed by atoms with Crippen molar-refractivity contribution >= 4 is 91.7 Å². The van der Waals surface area contributed by atoms with E-state index in [1.165, 1.54) is 46.2 Å². The Balaban J connectivity index is 0.000000327. The van der Waals surface area contributed by atoms with Crippen LogP contribution in [0.3, 0.4) is 0 Å². The minimum absolute atomic E-state index is 0.00116. The molecule has 1 aromatic rings. The van der Waals surface area contributed by atoms with Gasteiger partial charge in [-0.25, -0.2) is 24.0 Å². The van der Waals surface area contributed by atoms with Crippen molar-refractivity contribution in [1.29, 1.82) is 0 Å². The largest absolute Gasteiger partial charge is 0.481 e. The summed E-state index contributed by atoms with van der Waals surface area (Å²) < 4.78 is 34.8. The molecule has 0 bridgehead atoms. The van der Waals surface area contributed by atoms with Crippen LogP contribution in [0.15, 0.2) is 29.2 Å². The molecule has 117 heavy (non-hydrogen) atoms. The number of fused-ring (bicyclic) bond motifs is 10. The number of carboxylic acid groups (broad SMARTS) is 7. The van der Waals surface area contributed by atoms with Crippen molar-refractivity contribution in [2.24, 2.45) is 110 Å². The summed E-state index contributed by atoms with van der Waals surface area (Å²) in [5, 5.41) is 94.3. The SMILES string of the molecule is CC(=O)O[C@@H]1CC[C@@]2(C)[C@@H](C1)C[C@@H](OC(C)=O)[C@@H]1[C@@H]2C[C@H](OC(C)=O)[C@]2(C)C([C@H](C)CCC(=O)O)CC[C@@H]12.CC(C)(C)C(O)C(=O)O.CC(C)C(O)C(=O)O.CC(O)C(=O)O.C[C@H](CCC(=O)O)C1CC[C@H]2[C@@H]3[C@H](OC=O)C[C@@H]4C[C@H](OC=O)CC[C@]4(C)[C@H]3C[C@H](OC=O)[C@]12C.O=C(O)C(O)C1CCCCC1.O=C(O)c1cccc(S)c1. The van der Waals surface area contributed by atoms with Gasteiger partial charge in [-0.3, -0.25) is 38.4 Å². The lowest BCUT2D eigenvalue weighted by Gasteiger charge is -2.64. The van der Waals surface area contributed by atoms with Gasteiger partial charge in [0.05, 0.1) is 5.56 Å². The molecule has 31 heteroatoms. The first-order valence-electron chi connectivity index (χ1n) is 41.3. The number of hydrogen-bond donors (Lipinski definition) is 12. The van der Waals surface area contributed by atoms with Crippen LogP contribution in [0.2, 0.25) is 0 Å². The van der Waals surface area contributed by atoms with E-state index in [9.17, 15) is 72.5 Å².